The Morgan fingerprint density at radius 1 is 1.09 bits per heavy atom. The molecule has 5 nitrogen and oxygen atoms in total. The van der Waals surface area contributed by atoms with Crippen LogP contribution in [0, 0.1) is 0 Å². The molecule has 0 aromatic carbocycles. The summed E-state index contributed by atoms with van der Waals surface area (Å²) in [6.45, 7) is 2.02. The highest BCUT2D eigenvalue weighted by atomic mass is 16.6. The Morgan fingerprint density at radius 3 is 2.32 bits per heavy atom. The predicted molar refractivity (Wildman–Crippen MR) is 81.0 cm³/mol. The average Bonchev–Trinajstić information content (AvgIpc) is 2.75. The van der Waals surface area contributed by atoms with Crippen molar-refractivity contribution < 1.29 is 24.2 Å². The fourth-order valence-corrected chi connectivity index (χ4v) is 2.92. The quantitative estimate of drug-likeness (QED) is 0.787. The first-order chi connectivity index (χ1) is 10.6. The van der Waals surface area contributed by atoms with Crippen molar-refractivity contribution in [2.75, 3.05) is 6.61 Å². The lowest BCUT2D eigenvalue weighted by Crippen LogP contribution is -2.12. The number of aliphatic hydroxyl groups excluding tert-OH is 1. The van der Waals surface area contributed by atoms with E-state index in [4.69, 9.17) is 9.47 Å². The van der Waals surface area contributed by atoms with Crippen molar-refractivity contribution in [2.45, 2.75) is 64.7 Å². The highest BCUT2D eigenvalue weighted by Gasteiger charge is 2.34. The van der Waals surface area contributed by atoms with Gasteiger partial charge in [0.15, 0.2) is 0 Å². The van der Waals surface area contributed by atoms with Crippen molar-refractivity contribution in [2.24, 2.45) is 0 Å². The molecule has 122 valence electrons. The number of rotatable bonds is 2. The van der Waals surface area contributed by atoms with Gasteiger partial charge in [-0.2, -0.15) is 0 Å². The Hall–Kier alpha value is -1.78. The summed E-state index contributed by atoms with van der Waals surface area (Å²) in [4.78, 5) is 23.9. The van der Waals surface area contributed by atoms with Gasteiger partial charge < -0.3 is 14.6 Å². The van der Waals surface area contributed by atoms with E-state index in [2.05, 4.69) is 0 Å². The smallest absolute Gasteiger partial charge is 0.379 e. The number of esters is 2. The predicted octanol–water partition coefficient (Wildman–Crippen LogP) is 3.70. The van der Waals surface area contributed by atoms with Crippen molar-refractivity contribution in [1.29, 1.82) is 0 Å². The zero-order valence-electron chi connectivity index (χ0n) is 13.2. The van der Waals surface area contributed by atoms with Gasteiger partial charge in [-0.3, -0.25) is 0 Å². The first-order valence-electron chi connectivity index (χ1n) is 8.20. The third-order valence-corrected chi connectivity index (χ3v) is 4.10. The molecule has 5 heteroatoms. The molecule has 1 heterocycles. The monoisotopic (exact) mass is 308 g/mol. The van der Waals surface area contributed by atoms with Gasteiger partial charge >= 0.3 is 11.9 Å². The van der Waals surface area contributed by atoms with Crippen molar-refractivity contribution >= 4 is 11.9 Å². The van der Waals surface area contributed by atoms with Crippen molar-refractivity contribution in [3.05, 3.63) is 22.7 Å². The standard InChI is InChI=1S/C17H24O5/c1-2-21-16(19)13-11-9-7-5-3-4-6-8-10-12-14(18)17(20)22-15(12)13/h18H,2-11H2,1H3/b15-13-. The molecule has 0 unspecified atom stereocenters. The van der Waals surface area contributed by atoms with E-state index >= 15 is 0 Å². The van der Waals surface area contributed by atoms with Gasteiger partial charge in [0.1, 0.15) is 5.76 Å². The summed E-state index contributed by atoms with van der Waals surface area (Å²) in [6, 6.07) is 0. The Bertz CT molecular complexity index is 501. The van der Waals surface area contributed by atoms with E-state index in [1.807, 2.05) is 0 Å². The fraction of sp³-hybridized carbons (Fsp3) is 0.647. The molecule has 2 rings (SSSR count). The summed E-state index contributed by atoms with van der Waals surface area (Å²) in [6.07, 6.45) is 8.37. The van der Waals surface area contributed by atoms with Crippen LogP contribution in [0.25, 0.3) is 0 Å². The maximum Gasteiger partial charge on any atom is 0.379 e. The second kappa shape index (κ2) is 8.01. The molecule has 0 amide bonds. The topological polar surface area (TPSA) is 72.8 Å². The largest absolute Gasteiger partial charge is 0.502 e. The molecule has 0 atom stereocenters. The first kappa shape index (κ1) is 16.6. The van der Waals surface area contributed by atoms with Crippen LogP contribution in [0.4, 0.5) is 0 Å². The van der Waals surface area contributed by atoms with Crippen LogP contribution in [0.15, 0.2) is 22.7 Å². The van der Waals surface area contributed by atoms with Gasteiger partial charge in [0.2, 0.25) is 5.76 Å². The number of allylic oxidation sites excluding steroid dienone is 1. The Balaban J connectivity index is 2.34. The van der Waals surface area contributed by atoms with Crippen molar-refractivity contribution in [3.8, 4) is 0 Å². The maximum atomic E-state index is 12.2. The maximum absolute atomic E-state index is 12.2. The van der Waals surface area contributed by atoms with Crippen LogP contribution in [-0.4, -0.2) is 23.7 Å². The molecule has 1 aliphatic carbocycles. The molecular weight excluding hydrogens is 284 g/mol. The van der Waals surface area contributed by atoms with E-state index in [9.17, 15) is 14.7 Å². The summed E-state index contributed by atoms with van der Waals surface area (Å²) in [5, 5.41) is 9.95. The third kappa shape index (κ3) is 3.90. The van der Waals surface area contributed by atoms with Gasteiger partial charge in [-0.05, 0) is 32.6 Å². The molecule has 1 N–H and O–H groups in total. The lowest BCUT2D eigenvalue weighted by Gasteiger charge is -2.13. The van der Waals surface area contributed by atoms with Crippen molar-refractivity contribution in [1.82, 2.24) is 0 Å². The molecule has 0 spiro atoms. The normalized spacial score (nSPS) is 24.1. The Morgan fingerprint density at radius 2 is 1.68 bits per heavy atom. The second-order valence-corrected chi connectivity index (χ2v) is 5.72. The molecule has 0 fully saturated rings. The van der Waals surface area contributed by atoms with Gasteiger partial charge in [-0.25, -0.2) is 9.59 Å². The molecular formula is C17H24O5. The summed E-state index contributed by atoms with van der Waals surface area (Å²) in [5.74, 6) is -1.33. The highest BCUT2D eigenvalue weighted by molar-refractivity contribution is 5.96. The summed E-state index contributed by atoms with van der Waals surface area (Å²) < 4.78 is 10.3. The number of carbonyl (C=O) groups is 2. The second-order valence-electron chi connectivity index (χ2n) is 5.72. The molecule has 0 saturated heterocycles. The summed E-state index contributed by atoms with van der Waals surface area (Å²) in [5.41, 5.74) is 0.850. The Labute approximate surface area is 131 Å². The SMILES string of the molecule is CCOC(=O)/C1=C2\OC(=O)C(O)=C2CCCCCCCCC1. The number of hydrogen-bond acceptors (Lipinski definition) is 5. The van der Waals surface area contributed by atoms with Gasteiger partial charge in [-0.15, -0.1) is 0 Å². The van der Waals surface area contributed by atoms with Crippen LogP contribution in [0.5, 0.6) is 0 Å². The van der Waals surface area contributed by atoms with Crippen LogP contribution in [-0.2, 0) is 19.1 Å². The third-order valence-electron chi connectivity index (χ3n) is 4.10. The van der Waals surface area contributed by atoms with E-state index in [-0.39, 0.29) is 18.1 Å². The minimum absolute atomic E-state index is 0.238. The van der Waals surface area contributed by atoms with Gasteiger partial charge in [0.05, 0.1) is 12.2 Å². The minimum atomic E-state index is -0.762. The molecule has 22 heavy (non-hydrogen) atoms. The van der Waals surface area contributed by atoms with E-state index < -0.39 is 11.9 Å². The number of ether oxygens (including phenoxy) is 2. The van der Waals surface area contributed by atoms with Crippen molar-refractivity contribution in [3.63, 3.8) is 0 Å². The lowest BCUT2D eigenvalue weighted by molar-refractivity contribution is -0.139. The highest BCUT2D eigenvalue weighted by Crippen LogP contribution is 2.34. The van der Waals surface area contributed by atoms with Crippen LogP contribution in [0.2, 0.25) is 0 Å². The molecule has 0 saturated carbocycles. The van der Waals surface area contributed by atoms with Crippen LogP contribution >= 0.6 is 0 Å². The van der Waals surface area contributed by atoms with E-state index in [1.54, 1.807) is 6.92 Å². The van der Waals surface area contributed by atoms with E-state index in [0.717, 1.165) is 38.5 Å². The number of hydrogen-bond donors (Lipinski definition) is 1. The van der Waals surface area contributed by atoms with E-state index in [1.165, 1.54) is 6.42 Å². The molecule has 0 aromatic heterocycles. The molecule has 2 aliphatic rings. The van der Waals surface area contributed by atoms with Crippen LogP contribution < -0.4 is 0 Å². The average molecular weight is 308 g/mol. The minimum Gasteiger partial charge on any atom is -0.502 e. The fourth-order valence-electron chi connectivity index (χ4n) is 2.92. The molecule has 0 radical (unpaired) electrons. The van der Waals surface area contributed by atoms with Gasteiger partial charge in [-0.1, -0.05) is 32.1 Å². The zero-order chi connectivity index (χ0) is 15.9. The first-order valence-corrected chi connectivity index (χ1v) is 8.20. The van der Waals surface area contributed by atoms with Gasteiger partial charge in [0, 0.05) is 5.57 Å². The summed E-state index contributed by atoms with van der Waals surface area (Å²) in [7, 11) is 0. The number of fused-ring (bicyclic) bond motifs is 1. The summed E-state index contributed by atoms with van der Waals surface area (Å²) >= 11 is 0. The molecule has 1 aliphatic heterocycles. The zero-order valence-corrected chi connectivity index (χ0v) is 13.2. The molecule has 0 bridgehead atoms. The van der Waals surface area contributed by atoms with E-state index in [0.29, 0.717) is 24.0 Å². The lowest BCUT2D eigenvalue weighted by atomic mass is 9.96. The Kier molecular flexibility index (Phi) is 6.04. The molecule has 0 aromatic rings. The van der Waals surface area contributed by atoms with Crippen LogP contribution in [0.3, 0.4) is 0 Å². The number of carbonyl (C=O) groups excluding carboxylic acids is 2. The van der Waals surface area contributed by atoms with Gasteiger partial charge in [0.25, 0.3) is 0 Å². The number of aliphatic hydroxyl groups is 1. The van der Waals surface area contributed by atoms with Crippen LogP contribution in [0.1, 0.15) is 64.7 Å².